The van der Waals surface area contributed by atoms with Crippen LogP contribution in [0.15, 0.2) is 18.2 Å². The van der Waals surface area contributed by atoms with Crippen LogP contribution in [0.25, 0.3) is 0 Å². The first-order valence-electron chi connectivity index (χ1n) is 7.22. The summed E-state index contributed by atoms with van der Waals surface area (Å²) >= 11 is 0. The molecule has 0 saturated heterocycles. The molecule has 0 bridgehead atoms. The van der Waals surface area contributed by atoms with E-state index in [-0.39, 0.29) is 18.6 Å². The molecule has 1 unspecified atom stereocenters. The number of hydrogen-bond donors (Lipinski definition) is 1. The highest BCUT2D eigenvalue weighted by Crippen LogP contribution is 2.30. The molecule has 1 aromatic rings. The molecular formula is C16H18N2O5. The van der Waals surface area contributed by atoms with E-state index in [1.54, 1.807) is 12.1 Å². The highest BCUT2D eigenvalue weighted by atomic mass is 16.5. The van der Waals surface area contributed by atoms with Gasteiger partial charge in [-0.05, 0) is 31.9 Å². The van der Waals surface area contributed by atoms with E-state index >= 15 is 0 Å². The summed E-state index contributed by atoms with van der Waals surface area (Å²) in [7, 11) is 1.44. The Kier molecular flexibility index (Phi) is 5.06. The quantitative estimate of drug-likeness (QED) is 0.816. The minimum absolute atomic E-state index is 0.0277. The number of carbonyl (C=O) groups is 2. The van der Waals surface area contributed by atoms with Gasteiger partial charge < -0.3 is 19.5 Å². The second-order valence-corrected chi connectivity index (χ2v) is 5.31. The van der Waals surface area contributed by atoms with Crippen molar-refractivity contribution in [3.05, 3.63) is 23.8 Å². The van der Waals surface area contributed by atoms with Gasteiger partial charge in [0, 0.05) is 12.1 Å². The van der Waals surface area contributed by atoms with Gasteiger partial charge >= 0.3 is 5.97 Å². The van der Waals surface area contributed by atoms with Gasteiger partial charge in [0.1, 0.15) is 6.04 Å². The fraction of sp³-hybridized carbons (Fsp3) is 0.438. The van der Waals surface area contributed by atoms with Gasteiger partial charge in [0.05, 0.1) is 18.7 Å². The van der Waals surface area contributed by atoms with Crippen LogP contribution < -0.4 is 9.47 Å². The summed E-state index contributed by atoms with van der Waals surface area (Å²) in [6, 6.07) is 5.69. The third-order valence-electron chi connectivity index (χ3n) is 3.65. The smallest absolute Gasteiger partial charge is 0.326 e. The fourth-order valence-electron chi connectivity index (χ4n) is 2.28. The number of nitriles is 1. The topological polar surface area (TPSA) is 99.9 Å². The number of nitrogens with zero attached hydrogens (tertiary/aromatic N) is 2. The van der Waals surface area contributed by atoms with E-state index in [1.807, 2.05) is 6.07 Å². The Labute approximate surface area is 134 Å². The molecule has 0 heterocycles. The number of methoxy groups -OCH3 is 1. The maximum absolute atomic E-state index is 12.3. The van der Waals surface area contributed by atoms with Crippen LogP contribution in [0.1, 0.15) is 25.3 Å². The second kappa shape index (κ2) is 7.01. The van der Waals surface area contributed by atoms with Gasteiger partial charge in [0.2, 0.25) is 0 Å². The van der Waals surface area contributed by atoms with Gasteiger partial charge in [-0.1, -0.05) is 0 Å². The molecule has 23 heavy (non-hydrogen) atoms. The van der Waals surface area contributed by atoms with Crippen molar-refractivity contribution < 1.29 is 24.2 Å². The zero-order valence-electron chi connectivity index (χ0n) is 13.0. The Morgan fingerprint density at radius 3 is 2.65 bits per heavy atom. The van der Waals surface area contributed by atoms with E-state index in [2.05, 4.69) is 0 Å². The minimum Gasteiger partial charge on any atom is -0.493 e. The summed E-state index contributed by atoms with van der Waals surface area (Å²) in [6.45, 7) is 1.21. The van der Waals surface area contributed by atoms with Crippen molar-refractivity contribution in [1.29, 1.82) is 5.26 Å². The Balaban J connectivity index is 2.06. The molecule has 2 rings (SSSR count). The molecule has 1 aliphatic carbocycles. The Morgan fingerprint density at radius 2 is 2.13 bits per heavy atom. The van der Waals surface area contributed by atoms with Gasteiger partial charge in [0.15, 0.2) is 18.1 Å². The Hall–Kier alpha value is -2.75. The van der Waals surface area contributed by atoms with Crippen molar-refractivity contribution in [2.75, 3.05) is 13.7 Å². The Bertz CT molecular complexity index is 648. The summed E-state index contributed by atoms with van der Waals surface area (Å²) < 4.78 is 10.6. The van der Waals surface area contributed by atoms with Gasteiger partial charge in [-0.3, -0.25) is 4.79 Å². The fourth-order valence-corrected chi connectivity index (χ4v) is 2.28. The van der Waals surface area contributed by atoms with Crippen molar-refractivity contribution in [3.63, 3.8) is 0 Å². The molecule has 0 aromatic heterocycles. The predicted octanol–water partition coefficient (Wildman–Crippen LogP) is 1.41. The first-order chi connectivity index (χ1) is 11.0. The standard InChI is InChI=1S/C16H18N2O5/c1-10(16(20)21)18(12-4-5-12)15(19)9-23-13-6-3-11(8-17)7-14(13)22-2/h3,6-7,10,12H,4-5,9H2,1-2H3,(H,20,21). The largest absolute Gasteiger partial charge is 0.493 e. The number of aliphatic carboxylic acids is 1. The van der Waals surface area contributed by atoms with Crippen molar-refractivity contribution in [3.8, 4) is 17.6 Å². The lowest BCUT2D eigenvalue weighted by molar-refractivity contribution is -0.150. The van der Waals surface area contributed by atoms with Gasteiger partial charge in [-0.15, -0.1) is 0 Å². The molecule has 1 saturated carbocycles. The van der Waals surface area contributed by atoms with E-state index in [9.17, 15) is 9.59 Å². The van der Waals surface area contributed by atoms with Gasteiger partial charge in [0.25, 0.3) is 5.91 Å². The lowest BCUT2D eigenvalue weighted by Gasteiger charge is -2.26. The highest BCUT2D eigenvalue weighted by molar-refractivity contribution is 5.85. The number of ether oxygens (including phenoxy) is 2. The molecule has 1 amide bonds. The van der Waals surface area contributed by atoms with Crippen LogP contribution in [-0.4, -0.2) is 47.7 Å². The van der Waals surface area contributed by atoms with E-state index in [0.29, 0.717) is 17.1 Å². The summed E-state index contributed by atoms with van der Waals surface area (Å²) in [5, 5.41) is 18.0. The molecule has 1 fully saturated rings. The van der Waals surface area contributed by atoms with Crippen molar-refractivity contribution >= 4 is 11.9 Å². The average molecular weight is 318 g/mol. The average Bonchev–Trinajstić information content (AvgIpc) is 3.37. The van der Waals surface area contributed by atoms with E-state index < -0.39 is 12.0 Å². The summed E-state index contributed by atoms with van der Waals surface area (Å²) in [5.74, 6) is -0.741. The number of amides is 1. The lowest BCUT2D eigenvalue weighted by Crippen LogP contribution is -2.46. The monoisotopic (exact) mass is 318 g/mol. The highest BCUT2D eigenvalue weighted by Gasteiger charge is 2.38. The predicted molar refractivity (Wildman–Crippen MR) is 80.2 cm³/mol. The van der Waals surface area contributed by atoms with Crippen LogP contribution in [0.4, 0.5) is 0 Å². The SMILES string of the molecule is COc1cc(C#N)ccc1OCC(=O)N(C1CC1)C(C)C(=O)O. The first-order valence-corrected chi connectivity index (χ1v) is 7.22. The third kappa shape index (κ3) is 3.92. The normalized spacial score (nSPS) is 14.5. The molecule has 0 radical (unpaired) electrons. The van der Waals surface area contributed by atoms with Gasteiger partial charge in [-0.25, -0.2) is 4.79 Å². The molecule has 0 aliphatic heterocycles. The maximum atomic E-state index is 12.3. The number of hydrogen-bond acceptors (Lipinski definition) is 5. The number of benzene rings is 1. The molecule has 122 valence electrons. The molecule has 7 heteroatoms. The molecule has 0 spiro atoms. The van der Waals surface area contributed by atoms with Crippen molar-refractivity contribution in [1.82, 2.24) is 4.90 Å². The van der Waals surface area contributed by atoms with E-state index in [1.165, 1.54) is 25.0 Å². The van der Waals surface area contributed by atoms with Crippen LogP contribution >= 0.6 is 0 Å². The molecule has 1 aromatic carbocycles. The van der Waals surface area contributed by atoms with Crippen LogP contribution in [0.2, 0.25) is 0 Å². The van der Waals surface area contributed by atoms with Crippen LogP contribution in [-0.2, 0) is 9.59 Å². The third-order valence-corrected chi connectivity index (χ3v) is 3.65. The maximum Gasteiger partial charge on any atom is 0.326 e. The second-order valence-electron chi connectivity index (χ2n) is 5.31. The summed E-state index contributed by atoms with van der Waals surface area (Å²) in [4.78, 5) is 24.8. The number of rotatable bonds is 7. The number of carboxylic acid groups (broad SMARTS) is 1. The van der Waals surface area contributed by atoms with Crippen LogP contribution in [0, 0.1) is 11.3 Å². The van der Waals surface area contributed by atoms with Crippen molar-refractivity contribution in [2.45, 2.75) is 31.8 Å². The number of carbonyl (C=O) groups excluding carboxylic acids is 1. The molecule has 1 aliphatic rings. The zero-order chi connectivity index (χ0) is 17.0. The zero-order valence-corrected chi connectivity index (χ0v) is 13.0. The first kappa shape index (κ1) is 16.6. The van der Waals surface area contributed by atoms with Crippen LogP contribution in [0.5, 0.6) is 11.5 Å². The molecule has 1 N–H and O–H groups in total. The minimum atomic E-state index is -1.04. The van der Waals surface area contributed by atoms with Crippen LogP contribution in [0.3, 0.4) is 0 Å². The summed E-state index contributed by atoms with van der Waals surface area (Å²) in [6.07, 6.45) is 1.62. The molecule has 7 nitrogen and oxygen atoms in total. The van der Waals surface area contributed by atoms with Gasteiger partial charge in [-0.2, -0.15) is 5.26 Å². The van der Waals surface area contributed by atoms with E-state index in [0.717, 1.165) is 12.8 Å². The molecular weight excluding hydrogens is 300 g/mol. The van der Waals surface area contributed by atoms with Crippen molar-refractivity contribution in [2.24, 2.45) is 0 Å². The Morgan fingerprint density at radius 1 is 1.43 bits per heavy atom. The van der Waals surface area contributed by atoms with E-state index in [4.69, 9.17) is 19.8 Å². The number of carboxylic acids is 1. The molecule has 1 atom stereocenters. The lowest BCUT2D eigenvalue weighted by atomic mass is 10.2. The summed E-state index contributed by atoms with van der Waals surface area (Å²) in [5.41, 5.74) is 0.416.